The van der Waals surface area contributed by atoms with Crippen LogP contribution in [0.2, 0.25) is 0 Å². The van der Waals surface area contributed by atoms with Gasteiger partial charge in [0.15, 0.2) is 0 Å². The largest absolute Gasteiger partial charge is 0.477 e. The molecule has 31 heavy (non-hydrogen) atoms. The van der Waals surface area contributed by atoms with Crippen LogP contribution in [0.3, 0.4) is 0 Å². The molecule has 3 heterocycles. The number of carboxylic acid groups (broad SMARTS) is 1. The van der Waals surface area contributed by atoms with Crippen molar-refractivity contribution in [3.05, 3.63) is 50.7 Å². The molecule has 1 atom stereocenters. The van der Waals surface area contributed by atoms with Crippen LogP contribution in [0.15, 0.2) is 17.1 Å². The molecule has 2 aromatic heterocycles. The number of aromatic nitrogens is 3. The van der Waals surface area contributed by atoms with E-state index in [1.807, 2.05) is 0 Å². The van der Waals surface area contributed by atoms with Gasteiger partial charge >= 0.3 is 12.1 Å². The molecule has 1 amide bonds. The first-order valence-corrected chi connectivity index (χ1v) is 9.74. The number of nitrogens with zero attached hydrogens (tertiary/aromatic N) is 4. The zero-order valence-corrected chi connectivity index (χ0v) is 17.4. The Bertz CT molecular complexity index is 1090. The number of hydrogen-bond acceptors (Lipinski definition) is 4. The second kappa shape index (κ2) is 8.20. The van der Waals surface area contributed by atoms with Crippen molar-refractivity contribution in [2.24, 2.45) is 5.92 Å². The number of fused-ring (bicyclic) bond motifs is 1. The maximum Gasteiger partial charge on any atom is 0.433 e. The van der Waals surface area contributed by atoms with E-state index >= 15 is 0 Å². The quantitative estimate of drug-likeness (QED) is 0.770. The Labute approximate surface area is 175 Å². The van der Waals surface area contributed by atoms with Crippen LogP contribution in [0.1, 0.15) is 46.7 Å². The molecule has 0 saturated heterocycles. The number of aryl methyl sites for hydroxylation is 1. The van der Waals surface area contributed by atoms with Gasteiger partial charge in [0, 0.05) is 39.3 Å². The van der Waals surface area contributed by atoms with Gasteiger partial charge in [0.05, 0.1) is 5.69 Å². The third-order valence-electron chi connectivity index (χ3n) is 5.31. The number of hydrogen-bond donors (Lipinski definition) is 1. The topological polar surface area (TPSA) is 97.4 Å². The average Bonchev–Trinajstić information content (AvgIpc) is 3.02. The normalized spacial score (nSPS) is 15.0. The minimum absolute atomic E-state index is 0.00265. The van der Waals surface area contributed by atoms with Crippen LogP contribution in [-0.2, 0) is 37.0 Å². The lowest BCUT2D eigenvalue weighted by Crippen LogP contribution is -2.39. The Morgan fingerprint density at radius 1 is 1.29 bits per heavy atom. The third-order valence-corrected chi connectivity index (χ3v) is 5.31. The van der Waals surface area contributed by atoms with Gasteiger partial charge < -0.3 is 14.6 Å². The average molecular weight is 440 g/mol. The molecule has 0 aromatic carbocycles. The fourth-order valence-corrected chi connectivity index (χ4v) is 3.94. The lowest BCUT2D eigenvalue weighted by atomic mass is 9.96. The number of pyridine rings is 1. The molecule has 1 unspecified atom stereocenters. The highest BCUT2D eigenvalue weighted by Gasteiger charge is 2.35. The molecular formula is C20H23F3N4O4. The zero-order valence-electron chi connectivity index (χ0n) is 17.4. The summed E-state index contributed by atoms with van der Waals surface area (Å²) in [5.74, 6) is -1.98. The van der Waals surface area contributed by atoms with E-state index in [4.69, 9.17) is 0 Å². The first kappa shape index (κ1) is 22.6. The number of rotatable bonds is 5. The SMILES string of the molecule is CC(=O)N1CCc2c(cn(CC(C)Cn3nc(C)cc3C(F)(F)F)c(=O)c2C(=O)O)C1. The molecule has 2 aromatic rings. The predicted molar refractivity (Wildman–Crippen MR) is 104 cm³/mol. The van der Waals surface area contributed by atoms with Crippen LogP contribution in [0.5, 0.6) is 0 Å². The van der Waals surface area contributed by atoms with Crippen LogP contribution < -0.4 is 5.56 Å². The smallest absolute Gasteiger partial charge is 0.433 e. The molecule has 3 rings (SSSR count). The summed E-state index contributed by atoms with van der Waals surface area (Å²) < 4.78 is 41.7. The van der Waals surface area contributed by atoms with Crippen LogP contribution in [0, 0.1) is 12.8 Å². The van der Waals surface area contributed by atoms with Crippen LogP contribution in [0.4, 0.5) is 13.2 Å². The van der Waals surface area contributed by atoms with Crippen molar-refractivity contribution in [1.29, 1.82) is 0 Å². The molecular weight excluding hydrogens is 417 g/mol. The van der Waals surface area contributed by atoms with Gasteiger partial charge in [0.2, 0.25) is 5.91 Å². The Morgan fingerprint density at radius 3 is 2.55 bits per heavy atom. The third kappa shape index (κ3) is 4.64. The van der Waals surface area contributed by atoms with E-state index in [9.17, 15) is 32.7 Å². The standard InChI is InChI=1S/C20H23F3N4O4/c1-11(8-27-16(20(21,22)23)6-12(2)24-27)7-26-10-14-9-25(13(3)28)5-4-15(14)17(18(26)29)19(30)31/h6,10-11H,4-5,7-9H2,1-3H3,(H,30,31). The number of carbonyl (C=O) groups is 2. The van der Waals surface area contributed by atoms with E-state index in [0.29, 0.717) is 17.7 Å². The van der Waals surface area contributed by atoms with Crippen LogP contribution in [0.25, 0.3) is 0 Å². The molecule has 8 nitrogen and oxygen atoms in total. The lowest BCUT2D eigenvalue weighted by Gasteiger charge is -2.29. The van der Waals surface area contributed by atoms with Crippen molar-refractivity contribution in [3.8, 4) is 0 Å². The van der Waals surface area contributed by atoms with Gasteiger partial charge in [-0.1, -0.05) is 6.92 Å². The summed E-state index contributed by atoms with van der Waals surface area (Å²) in [4.78, 5) is 37.8. The van der Waals surface area contributed by atoms with E-state index in [1.54, 1.807) is 11.8 Å². The lowest BCUT2D eigenvalue weighted by molar-refractivity contribution is -0.144. The number of halogens is 3. The van der Waals surface area contributed by atoms with E-state index in [0.717, 1.165) is 10.7 Å². The fourth-order valence-electron chi connectivity index (χ4n) is 3.94. The maximum atomic E-state index is 13.2. The molecule has 1 aliphatic heterocycles. The first-order chi connectivity index (χ1) is 14.4. The number of alkyl halides is 3. The summed E-state index contributed by atoms with van der Waals surface area (Å²) in [6.45, 7) is 4.93. The van der Waals surface area contributed by atoms with E-state index in [-0.39, 0.29) is 43.2 Å². The summed E-state index contributed by atoms with van der Waals surface area (Å²) >= 11 is 0. The van der Waals surface area contributed by atoms with Gasteiger partial charge in [-0.2, -0.15) is 18.3 Å². The Hall–Kier alpha value is -3.11. The van der Waals surface area contributed by atoms with Gasteiger partial charge in [0.1, 0.15) is 11.3 Å². The molecule has 0 bridgehead atoms. The minimum atomic E-state index is -4.56. The number of amides is 1. The van der Waals surface area contributed by atoms with Crippen molar-refractivity contribution >= 4 is 11.9 Å². The minimum Gasteiger partial charge on any atom is -0.477 e. The molecule has 1 aliphatic rings. The zero-order chi connectivity index (χ0) is 23.1. The van der Waals surface area contributed by atoms with Gasteiger partial charge in [-0.3, -0.25) is 14.3 Å². The highest BCUT2D eigenvalue weighted by atomic mass is 19.4. The molecule has 1 N–H and O–H groups in total. The van der Waals surface area contributed by atoms with Crippen molar-refractivity contribution in [2.75, 3.05) is 6.54 Å². The highest BCUT2D eigenvalue weighted by molar-refractivity contribution is 5.89. The van der Waals surface area contributed by atoms with Crippen molar-refractivity contribution in [1.82, 2.24) is 19.2 Å². The molecule has 0 fully saturated rings. The Kier molecular flexibility index (Phi) is 5.97. The van der Waals surface area contributed by atoms with Gasteiger partial charge in [0.25, 0.3) is 5.56 Å². The van der Waals surface area contributed by atoms with Gasteiger partial charge in [-0.05, 0) is 36.5 Å². The Balaban J connectivity index is 1.92. The summed E-state index contributed by atoms with van der Waals surface area (Å²) in [5, 5.41) is 13.5. The molecule has 0 spiro atoms. The summed E-state index contributed by atoms with van der Waals surface area (Å²) in [7, 11) is 0. The molecule has 11 heteroatoms. The number of aromatic carboxylic acids is 1. The second-order valence-corrected chi connectivity index (χ2v) is 7.92. The predicted octanol–water partition coefficient (Wildman–Crippen LogP) is 2.31. The molecule has 0 saturated carbocycles. The highest BCUT2D eigenvalue weighted by Crippen LogP contribution is 2.30. The summed E-state index contributed by atoms with van der Waals surface area (Å²) in [6, 6.07) is 0.955. The van der Waals surface area contributed by atoms with Gasteiger partial charge in [-0.15, -0.1) is 0 Å². The van der Waals surface area contributed by atoms with E-state index < -0.39 is 29.3 Å². The Morgan fingerprint density at radius 2 is 1.97 bits per heavy atom. The van der Waals surface area contributed by atoms with E-state index in [2.05, 4.69) is 5.10 Å². The van der Waals surface area contributed by atoms with Gasteiger partial charge in [-0.25, -0.2) is 4.79 Å². The fraction of sp³-hybridized carbons (Fsp3) is 0.500. The second-order valence-electron chi connectivity index (χ2n) is 7.92. The summed E-state index contributed by atoms with van der Waals surface area (Å²) in [5.41, 5.74) is -0.751. The van der Waals surface area contributed by atoms with Crippen molar-refractivity contribution < 1.29 is 27.9 Å². The number of carbonyl (C=O) groups excluding carboxylic acids is 1. The molecule has 0 aliphatic carbocycles. The van der Waals surface area contributed by atoms with Crippen molar-refractivity contribution in [2.45, 2.75) is 53.0 Å². The first-order valence-electron chi connectivity index (χ1n) is 9.74. The summed E-state index contributed by atoms with van der Waals surface area (Å²) in [6.07, 6.45) is -2.80. The van der Waals surface area contributed by atoms with E-state index in [1.165, 1.54) is 24.6 Å². The van der Waals surface area contributed by atoms with Crippen LogP contribution in [-0.4, -0.2) is 42.8 Å². The monoisotopic (exact) mass is 440 g/mol. The molecule has 168 valence electrons. The maximum absolute atomic E-state index is 13.2. The van der Waals surface area contributed by atoms with Crippen LogP contribution >= 0.6 is 0 Å². The molecule has 0 radical (unpaired) electrons. The van der Waals surface area contributed by atoms with Crippen molar-refractivity contribution in [3.63, 3.8) is 0 Å². The number of carboxylic acids is 1.